The second kappa shape index (κ2) is 5.27. The van der Waals surface area contributed by atoms with E-state index >= 15 is 0 Å². The van der Waals surface area contributed by atoms with E-state index in [1.165, 1.54) is 16.1 Å². The molecule has 0 aliphatic carbocycles. The molecule has 0 amide bonds. The summed E-state index contributed by atoms with van der Waals surface area (Å²) in [6, 6.07) is 7.83. The smallest absolute Gasteiger partial charge is 0.211 e. The molecule has 16 heavy (non-hydrogen) atoms. The van der Waals surface area contributed by atoms with E-state index in [9.17, 15) is 8.42 Å². The van der Waals surface area contributed by atoms with Gasteiger partial charge in [-0.2, -0.15) is 4.31 Å². The fourth-order valence-electron chi connectivity index (χ4n) is 1.36. The summed E-state index contributed by atoms with van der Waals surface area (Å²) >= 11 is 0. The minimum absolute atomic E-state index is 0.340. The highest BCUT2D eigenvalue weighted by molar-refractivity contribution is 7.88. The maximum absolute atomic E-state index is 11.5. The molecule has 0 aliphatic rings. The Balaban J connectivity index is 2.84. The van der Waals surface area contributed by atoms with Gasteiger partial charge in [-0.05, 0) is 12.5 Å². The molecule has 0 fully saturated rings. The number of rotatable bonds is 5. The maximum atomic E-state index is 11.5. The lowest BCUT2D eigenvalue weighted by atomic mass is 10.1. The van der Waals surface area contributed by atoms with Gasteiger partial charge in [-0.3, -0.25) is 0 Å². The first-order valence-corrected chi connectivity index (χ1v) is 6.90. The lowest BCUT2D eigenvalue weighted by molar-refractivity contribution is 0.443. The van der Waals surface area contributed by atoms with Crippen LogP contribution < -0.4 is 0 Å². The Kier molecular flexibility index (Phi) is 4.26. The minimum atomic E-state index is -3.17. The average Bonchev–Trinajstić information content (AvgIpc) is 2.19. The van der Waals surface area contributed by atoms with Crippen LogP contribution in [0, 0.1) is 6.92 Å². The number of hydrogen-bond donors (Lipinski definition) is 0. The molecule has 0 spiro atoms. The number of sulfonamides is 1. The molecule has 1 rings (SSSR count). The molecule has 0 heterocycles. The topological polar surface area (TPSA) is 37.4 Å². The highest BCUT2D eigenvalue weighted by Gasteiger charge is 2.14. The van der Waals surface area contributed by atoms with Gasteiger partial charge in [0.25, 0.3) is 0 Å². The van der Waals surface area contributed by atoms with Gasteiger partial charge in [0, 0.05) is 13.1 Å². The molecule has 3 nitrogen and oxygen atoms in total. The standard InChI is InChI=1S/C12H17NO2S/c1-4-9-13(16(3,14)15)10-12-7-5-11(2)6-8-12/h4-8H,1,9-10H2,2-3H3. The van der Waals surface area contributed by atoms with Crippen molar-refractivity contribution in [1.29, 1.82) is 0 Å². The van der Waals surface area contributed by atoms with Crippen molar-refractivity contribution in [3.8, 4) is 0 Å². The zero-order chi connectivity index (χ0) is 12.2. The predicted octanol–water partition coefficient (Wildman–Crippen LogP) is 1.94. The zero-order valence-corrected chi connectivity index (χ0v) is 10.5. The van der Waals surface area contributed by atoms with Gasteiger partial charge in [-0.1, -0.05) is 35.9 Å². The van der Waals surface area contributed by atoms with E-state index in [0.29, 0.717) is 13.1 Å². The van der Waals surface area contributed by atoms with Crippen LogP contribution in [0.15, 0.2) is 36.9 Å². The largest absolute Gasteiger partial charge is 0.212 e. The molecule has 1 aromatic carbocycles. The summed E-state index contributed by atoms with van der Waals surface area (Å²) in [5.74, 6) is 0. The first-order chi connectivity index (χ1) is 7.43. The third-order valence-electron chi connectivity index (χ3n) is 2.28. The van der Waals surface area contributed by atoms with Crippen LogP contribution in [-0.4, -0.2) is 25.5 Å². The Morgan fingerprint density at radius 2 is 1.88 bits per heavy atom. The Bertz CT molecular complexity index is 448. The van der Waals surface area contributed by atoms with Crippen LogP contribution in [0.25, 0.3) is 0 Å². The second-order valence-corrected chi connectivity index (χ2v) is 5.81. The molecule has 4 heteroatoms. The average molecular weight is 239 g/mol. The number of hydrogen-bond acceptors (Lipinski definition) is 2. The van der Waals surface area contributed by atoms with Crippen molar-refractivity contribution >= 4 is 10.0 Å². The van der Waals surface area contributed by atoms with Crippen LogP contribution in [0.1, 0.15) is 11.1 Å². The van der Waals surface area contributed by atoms with Gasteiger partial charge >= 0.3 is 0 Å². The van der Waals surface area contributed by atoms with E-state index in [1.807, 2.05) is 31.2 Å². The molecule has 1 aromatic rings. The molecule has 0 saturated carbocycles. The van der Waals surface area contributed by atoms with Crippen LogP contribution >= 0.6 is 0 Å². The molecule has 88 valence electrons. The van der Waals surface area contributed by atoms with Gasteiger partial charge in [0.05, 0.1) is 6.26 Å². The van der Waals surface area contributed by atoms with Crippen molar-refractivity contribution in [2.75, 3.05) is 12.8 Å². The van der Waals surface area contributed by atoms with Crippen LogP contribution in [0.2, 0.25) is 0 Å². The number of benzene rings is 1. The summed E-state index contributed by atoms with van der Waals surface area (Å²) in [7, 11) is -3.17. The third-order valence-corrected chi connectivity index (χ3v) is 3.50. The summed E-state index contributed by atoms with van der Waals surface area (Å²) in [6.07, 6.45) is 2.81. The van der Waals surface area contributed by atoms with Gasteiger partial charge < -0.3 is 0 Å². The first kappa shape index (κ1) is 12.9. The number of aryl methyl sites for hydroxylation is 1. The normalized spacial score (nSPS) is 11.7. The van der Waals surface area contributed by atoms with E-state index < -0.39 is 10.0 Å². The molecule has 0 bridgehead atoms. The van der Waals surface area contributed by atoms with Crippen molar-refractivity contribution in [2.24, 2.45) is 0 Å². The molecular weight excluding hydrogens is 222 g/mol. The SMILES string of the molecule is C=CCN(Cc1ccc(C)cc1)S(C)(=O)=O. The molecule has 0 radical (unpaired) electrons. The van der Waals surface area contributed by atoms with Crippen molar-refractivity contribution in [3.05, 3.63) is 48.0 Å². The van der Waals surface area contributed by atoms with Gasteiger partial charge in [-0.25, -0.2) is 8.42 Å². The van der Waals surface area contributed by atoms with Crippen molar-refractivity contribution in [2.45, 2.75) is 13.5 Å². The van der Waals surface area contributed by atoms with Gasteiger partial charge in [0.2, 0.25) is 10.0 Å². The molecule has 0 atom stereocenters. The van der Waals surface area contributed by atoms with E-state index in [-0.39, 0.29) is 0 Å². The Morgan fingerprint density at radius 1 is 1.31 bits per heavy atom. The highest BCUT2D eigenvalue weighted by Crippen LogP contribution is 2.09. The quantitative estimate of drug-likeness (QED) is 0.736. The van der Waals surface area contributed by atoms with Crippen LogP contribution in [-0.2, 0) is 16.6 Å². The van der Waals surface area contributed by atoms with Crippen LogP contribution in [0.3, 0.4) is 0 Å². The second-order valence-electron chi connectivity index (χ2n) is 3.83. The minimum Gasteiger partial charge on any atom is -0.212 e. The van der Waals surface area contributed by atoms with E-state index in [0.717, 1.165) is 5.56 Å². The first-order valence-electron chi connectivity index (χ1n) is 5.05. The fourth-order valence-corrected chi connectivity index (χ4v) is 2.12. The van der Waals surface area contributed by atoms with Crippen LogP contribution in [0.5, 0.6) is 0 Å². The summed E-state index contributed by atoms with van der Waals surface area (Å²) < 4.78 is 24.3. The van der Waals surface area contributed by atoms with Crippen molar-refractivity contribution in [3.63, 3.8) is 0 Å². The Labute approximate surface area is 97.5 Å². The molecule has 0 unspecified atom stereocenters. The summed E-state index contributed by atoms with van der Waals surface area (Å²) in [4.78, 5) is 0. The van der Waals surface area contributed by atoms with E-state index in [1.54, 1.807) is 6.08 Å². The summed E-state index contributed by atoms with van der Waals surface area (Å²) in [5, 5.41) is 0. The Morgan fingerprint density at radius 3 is 2.31 bits per heavy atom. The van der Waals surface area contributed by atoms with Gasteiger partial charge in [-0.15, -0.1) is 6.58 Å². The van der Waals surface area contributed by atoms with Gasteiger partial charge in [0.1, 0.15) is 0 Å². The molecule has 0 aliphatic heterocycles. The maximum Gasteiger partial charge on any atom is 0.211 e. The predicted molar refractivity (Wildman–Crippen MR) is 66.6 cm³/mol. The van der Waals surface area contributed by atoms with E-state index in [2.05, 4.69) is 6.58 Å². The summed E-state index contributed by atoms with van der Waals surface area (Å²) in [6.45, 7) is 6.30. The van der Waals surface area contributed by atoms with Crippen molar-refractivity contribution < 1.29 is 8.42 Å². The van der Waals surface area contributed by atoms with Crippen LogP contribution in [0.4, 0.5) is 0 Å². The zero-order valence-electron chi connectivity index (χ0n) is 9.68. The number of nitrogens with zero attached hydrogens (tertiary/aromatic N) is 1. The molecule has 0 N–H and O–H groups in total. The van der Waals surface area contributed by atoms with Crippen molar-refractivity contribution in [1.82, 2.24) is 4.31 Å². The van der Waals surface area contributed by atoms with Gasteiger partial charge in [0.15, 0.2) is 0 Å². The highest BCUT2D eigenvalue weighted by atomic mass is 32.2. The fraction of sp³-hybridized carbons (Fsp3) is 0.333. The third kappa shape index (κ3) is 3.79. The summed E-state index contributed by atoms with van der Waals surface area (Å²) in [5.41, 5.74) is 2.15. The lowest BCUT2D eigenvalue weighted by Gasteiger charge is -2.18. The Hall–Kier alpha value is -1.13. The van der Waals surface area contributed by atoms with E-state index in [4.69, 9.17) is 0 Å². The molecule has 0 aromatic heterocycles. The lowest BCUT2D eigenvalue weighted by Crippen LogP contribution is -2.29. The molecule has 0 saturated heterocycles. The molecular formula is C12H17NO2S. The monoisotopic (exact) mass is 239 g/mol.